The highest BCUT2D eigenvalue weighted by molar-refractivity contribution is 5.91. The van der Waals surface area contributed by atoms with Crippen LogP contribution in [0, 0.1) is 24.1 Å². The zero-order chi connectivity index (χ0) is 20.7. The number of nitrogens with one attached hydrogen (secondary N) is 1. The zero-order valence-electron chi connectivity index (χ0n) is 16.6. The lowest BCUT2D eigenvalue weighted by Gasteiger charge is -2.24. The number of para-hydroxylation sites is 1. The van der Waals surface area contributed by atoms with Gasteiger partial charge in [0.2, 0.25) is 0 Å². The van der Waals surface area contributed by atoms with Crippen LogP contribution in [0.3, 0.4) is 0 Å². The van der Waals surface area contributed by atoms with Crippen LogP contribution in [0.25, 0.3) is 33.5 Å². The van der Waals surface area contributed by atoms with E-state index < -0.39 is 5.82 Å². The first-order valence-corrected chi connectivity index (χ1v) is 10.0. The third-order valence-electron chi connectivity index (χ3n) is 5.65. The molecule has 0 bridgehead atoms. The molecule has 1 aliphatic heterocycles. The molecule has 0 saturated carbocycles. The normalized spacial score (nSPS) is 13.7. The van der Waals surface area contributed by atoms with Crippen LogP contribution in [0.4, 0.5) is 10.1 Å². The van der Waals surface area contributed by atoms with E-state index >= 15 is 0 Å². The van der Waals surface area contributed by atoms with Crippen molar-refractivity contribution in [1.82, 2.24) is 15.0 Å². The second-order valence-corrected chi connectivity index (χ2v) is 7.67. The van der Waals surface area contributed by atoms with E-state index in [-0.39, 0.29) is 0 Å². The highest BCUT2D eigenvalue weighted by Gasteiger charge is 2.23. The van der Waals surface area contributed by atoms with Gasteiger partial charge in [-0.05, 0) is 55.2 Å². The number of imidazole rings is 1. The summed E-state index contributed by atoms with van der Waals surface area (Å²) < 4.78 is 14.2. The number of fused-ring (bicyclic) bond motifs is 1. The Bertz CT molecular complexity index is 1290. The van der Waals surface area contributed by atoms with E-state index in [1.165, 1.54) is 12.1 Å². The molecule has 148 valence electrons. The maximum Gasteiger partial charge on any atom is 0.142 e. The standard InChI is InChI=1S/C24H20FN5/c1-15-5-4-6-21-22(15)29-24(28-21)20-14-27-13-19(23(20)30-7-2-3-8-30)17-9-16(12-26)10-18(25)11-17/h4-6,9-11,13-14H,2-3,7-8H2,1H3,(H,28,29). The smallest absolute Gasteiger partial charge is 0.142 e. The summed E-state index contributed by atoms with van der Waals surface area (Å²) in [5.41, 5.74) is 6.62. The fourth-order valence-corrected chi connectivity index (χ4v) is 4.23. The van der Waals surface area contributed by atoms with Gasteiger partial charge in [-0.2, -0.15) is 5.26 Å². The Morgan fingerprint density at radius 3 is 2.67 bits per heavy atom. The number of halogens is 1. The molecule has 2 aromatic carbocycles. The molecule has 1 aliphatic rings. The van der Waals surface area contributed by atoms with Gasteiger partial charge in [-0.3, -0.25) is 4.98 Å². The van der Waals surface area contributed by atoms with Crippen molar-refractivity contribution in [3.8, 4) is 28.6 Å². The summed E-state index contributed by atoms with van der Waals surface area (Å²) in [4.78, 5) is 15.0. The number of rotatable bonds is 3. The molecular formula is C24H20FN5. The highest BCUT2D eigenvalue weighted by Crippen LogP contribution is 2.40. The first-order valence-electron chi connectivity index (χ1n) is 10.0. The number of aromatic nitrogens is 3. The average molecular weight is 397 g/mol. The molecule has 0 amide bonds. The van der Waals surface area contributed by atoms with Crippen molar-refractivity contribution in [2.75, 3.05) is 18.0 Å². The van der Waals surface area contributed by atoms with Gasteiger partial charge in [0.25, 0.3) is 0 Å². The third kappa shape index (κ3) is 3.09. The van der Waals surface area contributed by atoms with E-state index in [1.807, 2.05) is 37.4 Å². The van der Waals surface area contributed by atoms with Gasteiger partial charge in [0.05, 0.1) is 33.9 Å². The summed E-state index contributed by atoms with van der Waals surface area (Å²) in [5, 5.41) is 9.30. The largest absolute Gasteiger partial charge is 0.370 e. The molecule has 0 atom stereocenters. The lowest BCUT2D eigenvalue weighted by atomic mass is 10.00. The Morgan fingerprint density at radius 1 is 1.10 bits per heavy atom. The van der Waals surface area contributed by atoms with Crippen LogP contribution in [0.5, 0.6) is 0 Å². The van der Waals surface area contributed by atoms with Crippen LogP contribution >= 0.6 is 0 Å². The van der Waals surface area contributed by atoms with Crippen LogP contribution in [0.15, 0.2) is 48.8 Å². The number of hydrogen-bond donors (Lipinski definition) is 1. The zero-order valence-corrected chi connectivity index (χ0v) is 16.6. The van der Waals surface area contributed by atoms with Gasteiger partial charge >= 0.3 is 0 Å². The fourth-order valence-electron chi connectivity index (χ4n) is 4.23. The molecule has 1 fully saturated rings. The number of hydrogen-bond acceptors (Lipinski definition) is 4. The van der Waals surface area contributed by atoms with E-state index in [1.54, 1.807) is 12.3 Å². The molecule has 0 radical (unpaired) electrons. The number of aryl methyl sites for hydroxylation is 1. The molecule has 4 aromatic rings. The Morgan fingerprint density at radius 2 is 1.90 bits per heavy atom. The Kier molecular flexibility index (Phi) is 4.44. The molecule has 30 heavy (non-hydrogen) atoms. The predicted molar refractivity (Wildman–Crippen MR) is 116 cm³/mol. The Balaban J connectivity index is 1.76. The quantitative estimate of drug-likeness (QED) is 0.515. The van der Waals surface area contributed by atoms with Crippen molar-refractivity contribution in [2.45, 2.75) is 19.8 Å². The molecule has 0 spiro atoms. The molecule has 1 N–H and O–H groups in total. The number of pyridine rings is 1. The van der Waals surface area contributed by atoms with Gasteiger partial charge in [0.15, 0.2) is 0 Å². The number of H-pyrrole nitrogens is 1. The number of aromatic amines is 1. The van der Waals surface area contributed by atoms with Gasteiger partial charge in [-0.1, -0.05) is 12.1 Å². The van der Waals surface area contributed by atoms with Gasteiger partial charge in [-0.25, -0.2) is 9.37 Å². The van der Waals surface area contributed by atoms with Crippen LogP contribution in [-0.2, 0) is 0 Å². The van der Waals surface area contributed by atoms with Crippen molar-refractivity contribution in [2.24, 2.45) is 0 Å². The first-order chi connectivity index (χ1) is 14.6. The number of nitriles is 1. The minimum atomic E-state index is -0.429. The van der Waals surface area contributed by atoms with E-state index in [9.17, 15) is 9.65 Å². The van der Waals surface area contributed by atoms with Crippen molar-refractivity contribution in [3.05, 3.63) is 65.7 Å². The Labute approximate surface area is 173 Å². The third-order valence-corrected chi connectivity index (χ3v) is 5.65. The first kappa shape index (κ1) is 18.3. The van der Waals surface area contributed by atoms with Crippen LogP contribution in [0.2, 0.25) is 0 Å². The van der Waals surface area contributed by atoms with E-state index in [4.69, 9.17) is 4.98 Å². The summed E-state index contributed by atoms with van der Waals surface area (Å²) >= 11 is 0. The molecule has 3 heterocycles. The minimum absolute atomic E-state index is 0.294. The average Bonchev–Trinajstić information content (AvgIpc) is 3.43. The molecule has 0 unspecified atom stereocenters. The second kappa shape index (κ2) is 7.27. The number of anilines is 1. The lowest BCUT2D eigenvalue weighted by Crippen LogP contribution is -2.20. The van der Waals surface area contributed by atoms with Gasteiger partial charge < -0.3 is 9.88 Å². The molecule has 5 rings (SSSR count). The Hall–Kier alpha value is -3.72. The van der Waals surface area contributed by atoms with Crippen molar-refractivity contribution >= 4 is 16.7 Å². The van der Waals surface area contributed by atoms with Crippen LogP contribution in [0.1, 0.15) is 24.0 Å². The maximum atomic E-state index is 14.2. The predicted octanol–water partition coefficient (Wildman–Crippen LogP) is 5.21. The number of nitrogens with zero attached hydrogens (tertiary/aromatic N) is 4. The van der Waals surface area contributed by atoms with Crippen molar-refractivity contribution in [1.29, 1.82) is 5.26 Å². The molecule has 2 aromatic heterocycles. The molecule has 1 saturated heterocycles. The summed E-state index contributed by atoms with van der Waals surface area (Å²) in [6.45, 7) is 3.88. The SMILES string of the molecule is Cc1cccc2[nH]c(-c3cncc(-c4cc(F)cc(C#N)c4)c3N3CCCC3)nc12. The van der Waals surface area contributed by atoms with E-state index in [0.29, 0.717) is 11.1 Å². The summed E-state index contributed by atoms with van der Waals surface area (Å²) in [6, 6.07) is 12.5. The van der Waals surface area contributed by atoms with Crippen LogP contribution < -0.4 is 4.90 Å². The fraction of sp³-hybridized carbons (Fsp3) is 0.208. The number of benzene rings is 2. The summed E-state index contributed by atoms with van der Waals surface area (Å²) in [5.74, 6) is 0.314. The monoisotopic (exact) mass is 397 g/mol. The molecule has 5 nitrogen and oxygen atoms in total. The maximum absolute atomic E-state index is 14.2. The molecule has 0 aliphatic carbocycles. The van der Waals surface area contributed by atoms with Gasteiger partial charge in [-0.15, -0.1) is 0 Å². The minimum Gasteiger partial charge on any atom is -0.370 e. The second-order valence-electron chi connectivity index (χ2n) is 7.67. The topological polar surface area (TPSA) is 68.6 Å². The lowest BCUT2D eigenvalue weighted by molar-refractivity contribution is 0.628. The van der Waals surface area contributed by atoms with E-state index in [0.717, 1.165) is 65.2 Å². The molecular weight excluding hydrogens is 377 g/mol. The molecule has 6 heteroatoms. The van der Waals surface area contributed by atoms with E-state index in [2.05, 4.69) is 14.9 Å². The van der Waals surface area contributed by atoms with Crippen molar-refractivity contribution in [3.63, 3.8) is 0 Å². The highest BCUT2D eigenvalue weighted by atomic mass is 19.1. The van der Waals surface area contributed by atoms with Crippen molar-refractivity contribution < 1.29 is 4.39 Å². The van der Waals surface area contributed by atoms with Crippen LogP contribution in [-0.4, -0.2) is 28.0 Å². The summed E-state index contributed by atoms with van der Waals surface area (Å²) in [7, 11) is 0. The summed E-state index contributed by atoms with van der Waals surface area (Å²) in [6.07, 6.45) is 5.77. The van der Waals surface area contributed by atoms with Gasteiger partial charge in [0, 0.05) is 31.0 Å². The van der Waals surface area contributed by atoms with Gasteiger partial charge in [0.1, 0.15) is 11.6 Å².